The summed E-state index contributed by atoms with van der Waals surface area (Å²) in [5, 5.41) is 6.05. The van der Waals surface area contributed by atoms with Crippen molar-refractivity contribution in [1.82, 2.24) is 15.1 Å². The van der Waals surface area contributed by atoms with E-state index >= 15 is 0 Å². The molecule has 1 saturated heterocycles. The molecule has 1 heterocycles. The summed E-state index contributed by atoms with van der Waals surface area (Å²) in [6.45, 7) is 6.30. The fourth-order valence-corrected chi connectivity index (χ4v) is 2.66. The fraction of sp³-hybridized carbons (Fsp3) is 0.588. The molecule has 1 fully saturated rings. The molecule has 0 aliphatic carbocycles. The molecule has 22 heavy (non-hydrogen) atoms. The number of nitrogens with one attached hydrogen (secondary N) is 2. The smallest absolute Gasteiger partial charge is 0.224 e. The fourth-order valence-electron chi connectivity index (χ4n) is 2.66. The third kappa shape index (κ3) is 5.75. The Hall–Kier alpha value is -1.43. The van der Waals surface area contributed by atoms with Gasteiger partial charge in [-0.25, -0.2) is 0 Å². The molecule has 0 radical (unpaired) electrons. The SMILES string of the molecule is CNCCCC(=O)Nc1cccc(CN2CCN(C)CC2)c1. The van der Waals surface area contributed by atoms with E-state index < -0.39 is 0 Å². The molecule has 0 unspecified atom stereocenters. The number of hydrogen-bond donors (Lipinski definition) is 2. The van der Waals surface area contributed by atoms with E-state index in [1.165, 1.54) is 5.56 Å². The molecule has 1 aliphatic heterocycles. The molecule has 1 aromatic rings. The van der Waals surface area contributed by atoms with Crippen LogP contribution in [0.15, 0.2) is 24.3 Å². The Morgan fingerprint density at radius 3 is 2.73 bits per heavy atom. The second kappa shape index (κ2) is 8.88. The van der Waals surface area contributed by atoms with Gasteiger partial charge >= 0.3 is 0 Å². The maximum atomic E-state index is 11.9. The minimum absolute atomic E-state index is 0.0898. The first-order chi connectivity index (χ1) is 10.7. The first-order valence-corrected chi connectivity index (χ1v) is 8.11. The molecule has 1 aromatic carbocycles. The Bertz CT molecular complexity index is 469. The molecular weight excluding hydrogens is 276 g/mol. The summed E-state index contributed by atoms with van der Waals surface area (Å²) in [6.07, 6.45) is 1.42. The molecule has 0 atom stereocenters. The second-order valence-electron chi connectivity index (χ2n) is 6.04. The van der Waals surface area contributed by atoms with E-state index in [4.69, 9.17) is 0 Å². The van der Waals surface area contributed by atoms with Gasteiger partial charge in [-0.3, -0.25) is 9.69 Å². The van der Waals surface area contributed by atoms with Gasteiger partial charge < -0.3 is 15.5 Å². The van der Waals surface area contributed by atoms with Crippen LogP contribution in [-0.4, -0.2) is 62.5 Å². The Balaban J connectivity index is 1.83. The van der Waals surface area contributed by atoms with Gasteiger partial charge in [0.2, 0.25) is 5.91 Å². The van der Waals surface area contributed by atoms with Crippen molar-refractivity contribution in [3.05, 3.63) is 29.8 Å². The number of amides is 1. The first kappa shape index (κ1) is 16.9. The van der Waals surface area contributed by atoms with Gasteiger partial charge in [0.05, 0.1) is 0 Å². The summed E-state index contributed by atoms with van der Waals surface area (Å²) in [6, 6.07) is 8.21. The summed E-state index contributed by atoms with van der Waals surface area (Å²) in [4.78, 5) is 16.7. The molecule has 1 aliphatic rings. The van der Waals surface area contributed by atoms with Gasteiger partial charge in [0, 0.05) is 44.8 Å². The lowest BCUT2D eigenvalue weighted by molar-refractivity contribution is -0.116. The van der Waals surface area contributed by atoms with E-state index in [1.54, 1.807) is 0 Å². The normalized spacial score (nSPS) is 16.6. The number of anilines is 1. The minimum atomic E-state index is 0.0898. The zero-order valence-corrected chi connectivity index (χ0v) is 13.8. The second-order valence-corrected chi connectivity index (χ2v) is 6.04. The number of nitrogens with zero attached hydrogens (tertiary/aromatic N) is 2. The van der Waals surface area contributed by atoms with Gasteiger partial charge in [0.1, 0.15) is 0 Å². The van der Waals surface area contributed by atoms with Gasteiger partial charge in [-0.1, -0.05) is 12.1 Å². The summed E-state index contributed by atoms with van der Waals surface area (Å²) < 4.78 is 0. The maximum Gasteiger partial charge on any atom is 0.224 e. The van der Waals surface area contributed by atoms with Crippen LogP contribution in [0.5, 0.6) is 0 Å². The highest BCUT2D eigenvalue weighted by molar-refractivity contribution is 5.90. The predicted molar refractivity (Wildman–Crippen MR) is 91.0 cm³/mol. The lowest BCUT2D eigenvalue weighted by atomic mass is 10.1. The van der Waals surface area contributed by atoms with Gasteiger partial charge in [0.25, 0.3) is 0 Å². The van der Waals surface area contributed by atoms with Crippen molar-refractivity contribution in [2.75, 3.05) is 52.1 Å². The zero-order valence-electron chi connectivity index (χ0n) is 13.8. The number of hydrogen-bond acceptors (Lipinski definition) is 4. The minimum Gasteiger partial charge on any atom is -0.326 e. The van der Waals surface area contributed by atoms with Crippen molar-refractivity contribution in [3.8, 4) is 0 Å². The molecule has 0 spiro atoms. The molecule has 2 rings (SSSR count). The average molecular weight is 304 g/mol. The summed E-state index contributed by atoms with van der Waals surface area (Å²) in [7, 11) is 4.07. The quantitative estimate of drug-likeness (QED) is 0.747. The van der Waals surface area contributed by atoms with Crippen molar-refractivity contribution in [2.45, 2.75) is 19.4 Å². The Morgan fingerprint density at radius 2 is 2.00 bits per heavy atom. The lowest BCUT2D eigenvalue weighted by Gasteiger charge is -2.32. The Morgan fingerprint density at radius 1 is 1.23 bits per heavy atom. The van der Waals surface area contributed by atoms with Crippen LogP contribution < -0.4 is 10.6 Å². The number of piperazine rings is 1. The number of likely N-dealkylation sites (N-methyl/N-ethyl adjacent to an activating group) is 1. The third-order valence-electron chi connectivity index (χ3n) is 4.04. The highest BCUT2D eigenvalue weighted by Gasteiger charge is 2.14. The molecule has 5 heteroatoms. The Labute approximate surface area is 133 Å². The van der Waals surface area contributed by atoms with Crippen LogP contribution in [0.25, 0.3) is 0 Å². The molecular formula is C17H28N4O. The molecule has 0 aromatic heterocycles. The number of benzene rings is 1. The van der Waals surface area contributed by atoms with Gasteiger partial charge in [-0.15, -0.1) is 0 Å². The average Bonchev–Trinajstić information content (AvgIpc) is 2.50. The van der Waals surface area contributed by atoms with E-state index in [0.717, 1.165) is 51.4 Å². The number of carbonyl (C=O) groups excluding carboxylic acids is 1. The van der Waals surface area contributed by atoms with Crippen LogP contribution in [0.3, 0.4) is 0 Å². The van der Waals surface area contributed by atoms with Crippen LogP contribution in [-0.2, 0) is 11.3 Å². The van der Waals surface area contributed by atoms with Crippen molar-refractivity contribution in [1.29, 1.82) is 0 Å². The van der Waals surface area contributed by atoms with Crippen LogP contribution >= 0.6 is 0 Å². The molecule has 122 valence electrons. The van der Waals surface area contributed by atoms with Crippen molar-refractivity contribution >= 4 is 11.6 Å². The Kier molecular flexibility index (Phi) is 6.83. The van der Waals surface area contributed by atoms with E-state index in [1.807, 2.05) is 19.2 Å². The number of carbonyl (C=O) groups is 1. The van der Waals surface area contributed by atoms with Crippen LogP contribution in [0.4, 0.5) is 5.69 Å². The van der Waals surface area contributed by atoms with Crippen molar-refractivity contribution in [2.24, 2.45) is 0 Å². The summed E-state index contributed by atoms with van der Waals surface area (Å²) in [5.74, 6) is 0.0898. The van der Waals surface area contributed by atoms with Gasteiger partial charge in [-0.2, -0.15) is 0 Å². The van der Waals surface area contributed by atoms with Crippen LogP contribution in [0.1, 0.15) is 18.4 Å². The predicted octanol–water partition coefficient (Wildman–Crippen LogP) is 1.37. The highest BCUT2D eigenvalue weighted by Crippen LogP contribution is 2.14. The number of rotatable bonds is 7. The zero-order chi connectivity index (χ0) is 15.8. The molecule has 1 amide bonds. The largest absolute Gasteiger partial charge is 0.326 e. The van der Waals surface area contributed by atoms with E-state index in [9.17, 15) is 4.79 Å². The third-order valence-corrected chi connectivity index (χ3v) is 4.04. The molecule has 0 bridgehead atoms. The maximum absolute atomic E-state index is 11.9. The van der Waals surface area contributed by atoms with Crippen LogP contribution in [0, 0.1) is 0 Å². The van der Waals surface area contributed by atoms with Gasteiger partial charge in [-0.05, 0) is 44.8 Å². The van der Waals surface area contributed by atoms with Crippen molar-refractivity contribution < 1.29 is 4.79 Å². The lowest BCUT2D eigenvalue weighted by Crippen LogP contribution is -2.43. The van der Waals surface area contributed by atoms with Crippen molar-refractivity contribution in [3.63, 3.8) is 0 Å². The highest BCUT2D eigenvalue weighted by atomic mass is 16.1. The topological polar surface area (TPSA) is 47.6 Å². The summed E-state index contributed by atoms with van der Waals surface area (Å²) in [5.41, 5.74) is 2.17. The van der Waals surface area contributed by atoms with Gasteiger partial charge in [0.15, 0.2) is 0 Å². The van der Waals surface area contributed by atoms with Crippen LogP contribution in [0.2, 0.25) is 0 Å². The molecule has 5 nitrogen and oxygen atoms in total. The summed E-state index contributed by atoms with van der Waals surface area (Å²) >= 11 is 0. The van der Waals surface area contributed by atoms with E-state index in [2.05, 4.69) is 39.6 Å². The standard InChI is InChI=1S/C17H28N4O/c1-18-8-4-7-17(22)19-16-6-3-5-15(13-16)14-21-11-9-20(2)10-12-21/h3,5-6,13,18H,4,7-12,14H2,1-2H3,(H,19,22). The molecule has 2 N–H and O–H groups in total. The molecule has 0 saturated carbocycles. The monoisotopic (exact) mass is 304 g/mol. The van der Waals surface area contributed by atoms with E-state index in [0.29, 0.717) is 6.42 Å². The van der Waals surface area contributed by atoms with E-state index in [-0.39, 0.29) is 5.91 Å². The first-order valence-electron chi connectivity index (χ1n) is 8.11.